The molecular formula is C18H27NO. The Kier molecular flexibility index (Phi) is 3.87. The smallest absolute Gasteiger partial charge is 0.0814 e. The molecule has 2 nitrogen and oxygen atoms in total. The molecular weight excluding hydrogens is 246 g/mol. The molecule has 1 N–H and O–H groups in total. The largest absolute Gasteiger partial charge is 0.366 e. The zero-order valence-corrected chi connectivity index (χ0v) is 12.8. The van der Waals surface area contributed by atoms with Gasteiger partial charge in [-0.25, -0.2) is 0 Å². The van der Waals surface area contributed by atoms with Crippen LogP contribution in [0.25, 0.3) is 0 Å². The summed E-state index contributed by atoms with van der Waals surface area (Å²) in [5.74, 6) is 0.722. The summed E-state index contributed by atoms with van der Waals surface area (Å²) in [6.45, 7) is 6.51. The number of rotatable bonds is 2. The predicted octanol–water partition coefficient (Wildman–Crippen LogP) is 3.87. The van der Waals surface area contributed by atoms with Crippen molar-refractivity contribution in [2.24, 2.45) is 0 Å². The van der Waals surface area contributed by atoms with Crippen LogP contribution in [0.3, 0.4) is 0 Å². The number of hydrogen-bond acceptors (Lipinski definition) is 2. The summed E-state index contributed by atoms with van der Waals surface area (Å²) < 4.78 is 6.57. The van der Waals surface area contributed by atoms with E-state index in [9.17, 15) is 0 Å². The minimum atomic E-state index is 0.0256. The molecule has 1 spiro atoms. The van der Waals surface area contributed by atoms with E-state index >= 15 is 0 Å². The van der Waals surface area contributed by atoms with Crippen LogP contribution in [0.15, 0.2) is 30.3 Å². The second-order valence-electron chi connectivity index (χ2n) is 6.88. The van der Waals surface area contributed by atoms with Gasteiger partial charge in [0.15, 0.2) is 0 Å². The van der Waals surface area contributed by atoms with Gasteiger partial charge in [0.25, 0.3) is 0 Å². The lowest BCUT2D eigenvalue weighted by Crippen LogP contribution is -2.60. The Hall–Kier alpha value is -0.860. The summed E-state index contributed by atoms with van der Waals surface area (Å²) in [5, 5.41) is 3.62. The van der Waals surface area contributed by atoms with Gasteiger partial charge in [-0.05, 0) is 50.5 Å². The van der Waals surface area contributed by atoms with Gasteiger partial charge < -0.3 is 10.1 Å². The number of morpholine rings is 1. The highest BCUT2D eigenvalue weighted by atomic mass is 16.5. The molecule has 20 heavy (non-hydrogen) atoms. The van der Waals surface area contributed by atoms with E-state index in [1.54, 1.807) is 0 Å². The number of nitrogens with one attached hydrogen (secondary N) is 1. The summed E-state index contributed by atoms with van der Waals surface area (Å²) in [6, 6.07) is 11.0. The third-order valence-corrected chi connectivity index (χ3v) is 5.32. The predicted molar refractivity (Wildman–Crippen MR) is 83.0 cm³/mol. The molecule has 2 fully saturated rings. The second kappa shape index (κ2) is 5.50. The lowest BCUT2D eigenvalue weighted by molar-refractivity contribution is -0.185. The lowest BCUT2D eigenvalue weighted by atomic mass is 9.74. The van der Waals surface area contributed by atoms with Gasteiger partial charge in [-0.1, -0.05) is 37.3 Å². The Balaban J connectivity index is 1.66. The van der Waals surface area contributed by atoms with Crippen molar-refractivity contribution in [2.45, 2.75) is 63.1 Å². The molecule has 0 amide bonds. The molecule has 0 bridgehead atoms. The first-order valence-electron chi connectivity index (χ1n) is 8.11. The molecule has 3 rings (SSSR count). The molecule has 1 aromatic carbocycles. The van der Waals surface area contributed by atoms with Crippen LogP contribution in [-0.2, 0) is 4.74 Å². The van der Waals surface area contributed by atoms with Crippen LogP contribution in [-0.4, -0.2) is 24.3 Å². The first-order chi connectivity index (χ1) is 9.65. The Morgan fingerprint density at radius 1 is 1.15 bits per heavy atom. The van der Waals surface area contributed by atoms with Gasteiger partial charge in [-0.15, -0.1) is 0 Å². The van der Waals surface area contributed by atoms with Crippen molar-refractivity contribution in [3.8, 4) is 0 Å². The highest BCUT2D eigenvalue weighted by molar-refractivity contribution is 5.20. The topological polar surface area (TPSA) is 21.3 Å². The fourth-order valence-electron chi connectivity index (χ4n) is 3.83. The fourth-order valence-corrected chi connectivity index (χ4v) is 3.83. The highest BCUT2D eigenvalue weighted by Crippen LogP contribution is 2.43. The molecule has 110 valence electrons. The van der Waals surface area contributed by atoms with Gasteiger partial charge in [-0.2, -0.15) is 0 Å². The molecule has 0 aromatic heterocycles. The third kappa shape index (κ3) is 2.77. The van der Waals surface area contributed by atoms with Crippen LogP contribution in [0.1, 0.15) is 57.4 Å². The number of hydrogen-bond donors (Lipinski definition) is 1. The molecule has 1 unspecified atom stereocenters. The monoisotopic (exact) mass is 273 g/mol. The van der Waals surface area contributed by atoms with Crippen LogP contribution in [0.2, 0.25) is 0 Å². The SMILES string of the molecule is CCC1(C)CNCC2(CCC(c3ccccc3)CC2)O1. The number of ether oxygens (including phenoxy) is 1. The summed E-state index contributed by atoms with van der Waals surface area (Å²) in [7, 11) is 0. The fraction of sp³-hybridized carbons (Fsp3) is 0.667. The van der Waals surface area contributed by atoms with E-state index in [1.807, 2.05) is 0 Å². The van der Waals surface area contributed by atoms with E-state index < -0.39 is 0 Å². The minimum absolute atomic E-state index is 0.0256. The Morgan fingerprint density at radius 3 is 2.50 bits per heavy atom. The average molecular weight is 273 g/mol. The van der Waals surface area contributed by atoms with Crippen molar-refractivity contribution in [1.82, 2.24) is 5.32 Å². The van der Waals surface area contributed by atoms with E-state index in [0.29, 0.717) is 0 Å². The molecule has 2 heteroatoms. The number of benzene rings is 1. The first kappa shape index (κ1) is 14.1. The Bertz CT molecular complexity index is 436. The highest BCUT2D eigenvalue weighted by Gasteiger charge is 2.44. The zero-order chi connectivity index (χ0) is 14.1. The van der Waals surface area contributed by atoms with Crippen LogP contribution in [0.5, 0.6) is 0 Å². The maximum atomic E-state index is 6.57. The average Bonchev–Trinajstić information content (AvgIpc) is 2.49. The van der Waals surface area contributed by atoms with Gasteiger partial charge in [0.05, 0.1) is 11.2 Å². The van der Waals surface area contributed by atoms with Gasteiger partial charge in [0, 0.05) is 13.1 Å². The molecule has 1 saturated heterocycles. The summed E-state index contributed by atoms with van der Waals surface area (Å²) >= 11 is 0. The third-order valence-electron chi connectivity index (χ3n) is 5.32. The molecule has 1 atom stereocenters. The van der Waals surface area contributed by atoms with E-state index in [4.69, 9.17) is 4.74 Å². The second-order valence-corrected chi connectivity index (χ2v) is 6.88. The van der Waals surface area contributed by atoms with Crippen LogP contribution in [0.4, 0.5) is 0 Å². The molecule has 2 aliphatic rings. The zero-order valence-electron chi connectivity index (χ0n) is 12.8. The quantitative estimate of drug-likeness (QED) is 0.883. The van der Waals surface area contributed by atoms with Crippen molar-refractivity contribution in [3.63, 3.8) is 0 Å². The maximum Gasteiger partial charge on any atom is 0.0814 e. The van der Waals surface area contributed by atoms with Gasteiger partial charge >= 0.3 is 0 Å². The molecule has 0 radical (unpaired) electrons. The van der Waals surface area contributed by atoms with Gasteiger partial charge in [-0.3, -0.25) is 0 Å². The molecule has 1 aliphatic carbocycles. The molecule has 1 aromatic rings. The van der Waals surface area contributed by atoms with Crippen molar-refractivity contribution in [3.05, 3.63) is 35.9 Å². The van der Waals surface area contributed by atoms with E-state index in [-0.39, 0.29) is 11.2 Å². The van der Waals surface area contributed by atoms with Crippen LogP contribution < -0.4 is 5.32 Å². The van der Waals surface area contributed by atoms with E-state index in [1.165, 1.54) is 31.2 Å². The maximum absolute atomic E-state index is 6.57. The van der Waals surface area contributed by atoms with Crippen molar-refractivity contribution < 1.29 is 4.74 Å². The Morgan fingerprint density at radius 2 is 1.85 bits per heavy atom. The summed E-state index contributed by atoms with van der Waals surface area (Å²) in [4.78, 5) is 0. The minimum Gasteiger partial charge on any atom is -0.366 e. The van der Waals surface area contributed by atoms with Gasteiger partial charge in [0.1, 0.15) is 0 Å². The molecule has 1 saturated carbocycles. The molecule has 1 heterocycles. The standard InChI is InChI=1S/C18H27NO/c1-3-17(2)13-19-14-18(20-17)11-9-16(10-12-18)15-7-5-4-6-8-15/h4-8,16,19H,3,9-14H2,1-2H3. The Labute approximate surface area is 122 Å². The first-order valence-corrected chi connectivity index (χ1v) is 8.11. The summed E-state index contributed by atoms with van der Waals surface area (Å²) in [6.07, 6.45) is 5.98. The molecule has 1 aliphatic heterocycles. The van der Waals surface area contributed by atoms with Crippen LogP contribution in [0, 0.1) is 0 Å². The summed E-state index contributed by atoms with van der Waals surface area (Å²) in [5.41, 5.74) is 1.62. The lowest BCUT2D eigenvalue weighted by Gasteiger charge is -2.50. The van der Waals surface area contributed by atoms with Gasteiger partial charge in [0.2, 0.25) is 0 Å². The normalized spacial score (nSPS) is 38.0. The van der Waals surface area contributed by atoms with Crippen molar-refractivity contribution in [2.75, 3.05) is 13.1 Å². The van der Waals surface area contributed by atoms with E-state index in [0.717, 1.165) is 25.4 Å². The van der Waals surface area contributed by atoms with Crippen molar-refractivity contribution >= 4 is 0 Å². The van der Waals surface area contributed by atoms with Crippen molar-refractivity contribution in [1.29, 1.82) is 0 Å². The van der Waals surface area contributed by atoms with E-state index in [2.05, 4.69) is 49.5 Å². The van der Waals surface area contributed by atoms with Crippen LogP contribution >= 0.6 is 0 Å².